The number of nitrogens with one attached hydrogen (secondary N) is 1. The van der Waals surface area contributed by atoms with Gasteiger partial charge in [-0.25, -0.2) is 9.38 Å². The summed E-state index contributed by atoms with van der Waals surface area (Å²) in [6.45, 7) is 0.689. The average Bonchev–Trinajstić information content (AvgIpc) is 2.41. The van der Waals surface area contributed by atoms with E-state index in [1.165, 1.54) is 23.9 Å². The number of halogens is 1. The SMILES string of the molecule is COCCOc1cccc(F)c1N=C(NC#N)SC. The number of hydrogen-bond acceptors (Lipinski definition) is 5. The monoisotopic (exact) mass is 283 g/mol. The molecule has 7 heteroatoms. The molecule has 0 amide bonds. The lowest BCUT2D eigenvalue weighted by atomic mass is 10.3. The van der Waals surface area contributed by atoms with E-state index in [0.29, 0.717) is 24.1 Å². The zero-order chi connectivity index (χ0) is 14.1. The number of thioether (sulfide) groups is 1. The van der Waals surface area contributed by atoms with E-state index < -0.39 is 5.82 Å². The third-order valence-electron chi connectivity index (χ3n) is 2.06. The minimum Gasteiger partial charge on any atom is -0.489 e. The van der Waals surface area contributed by atoms with Gasteiger partial charge >= 0.3 is 0 Å². The first-order chi connectivity index (χ1) is 9.22. The number of hydrogen-bond donors (Lipinski definition) is 1. The van der Waals surface area contributed by atoms with Crippen LogP contribution in [0.4, 0.5) is 10.1 Å². The predicted octanol–water partition coefficient (Wildman–Crippen LogP) is 2.27. The molecule has 0 aliphatic carbocycles. The highest BCUT2D eigenvalue weighted by Gasteiger charge is 2.10. The van der Waals surface area contributed by atoms with Gasteiger partial charge in [-0.2, -0.15) is 5.26 Å². The van der Waals surface area contributed by atoms with Crippen LogP contribution in [0.3, 0.4) is 0 Å². The van der Waals surface area contributed by atoms with Crippen molar-refractivity contribution in [3.8, 4) is 11.9 Å². The Labute approximate surface area is 115 Å². The Balaban J connectivity index is 3.00. The largest absolute Gasteiger partial charge is 0.489 e. The van der Waals surface area contributed by atoms with E-state index in [4.69, 9.17) is 14.7 Å². The molecule has 1 aromatic rings. The van der Waals surface area contributed by atoms with Crippen LogP contribution < -0.4 is 10.1 Å². The number of nitriles is 1. The lowest BCUT2D eigenvalue weighted by molar-refractivity contribution is 0.146. The summed E-state index contributed by atoms with van der Waals surface area (Å²) in [5.74, 6) is -0.204. The molecule has 0 radical (unpaired) electrons. The van der Waals surface area contributed by atoms with Gasteiger partial charge in [0.25, 0.3) is 0 Å². The van der Waals surface area contributed by atoms with Crippen LogP contribution in [-0.2, 0) is 4.74 Å². The van der Waals surface area contributed by atoms with E-state index in [0.717, 1.165) is 0 Å². The van der Waals surface area contributed by atoms with E-state index in [2.05, 4.69) is 10.3 Å². The second-order valence-corrected chi connectivity index (χ2v) is 4.08. The predicted molar refractivity (Wildman–Crippen MR) is 73.1 cm³/mol. The summed E-state index contributed by atoms with van der Waals surface area (Å²) in [6, 6.07) is 4.43. The molecule has 0 unspecified atom stereocenters. The number of benzene rings is 1. The van der Waals surface area contributed by atoms with Crippen molar-refractivity contribution in [1.29, 1.82) is 5.26 Å². The molecule has 0 heterocycles. The van der Waals surface area contributed by atoms with Crippen LogP contribution in [0.15, 0.2) is 23.2 Å². The minimum atomic E-state index is -0.513. The van der Waals surface area contributed by atoms with Crippen LogP contribution >= 0.6 is 11.8 Å². The van der Waals surface area contributed by atoms with Gasteiger partial charge in [0.1, 0.15) is 18.0 Å². The van der Waals surface area contributed by atoms with Gasteiger partial charge in [0.05, 0.1) is 6.61 Å². The van der Waals surface area contributed by atoms with Crippen molar-refractivity contribution in [2.45, 2.75) is 0 Å². The Morgan fingerprint density at radius 2 is 2.32 bits per heavy atom. The van der Waals surface area contributed by atoms with Crippen molar-refractivity contribution in [2.75, 3.05) is 26.6 Å². The fraction of sp³-hybridized carbons (Fsp3) is 0.333. The van der Waals surface area contributed by atoms with Crippen molar-refractivity contribution < 1.29 is 13.9 Å². The Morgan fingerprint density at radius 1 is 1.53 bits per heavy atom. The second kappa shape index (κ2) is 8.34. The van der Waals surface area contributed by atoms with Gasteiger partial charge in [0, 0.05) is 7.11 Å². The van der Waals surface area contributed by atoms with Crippen molar-refractivity contribution in [1.82, 2.24) is 5.32 Å². The molecule has 1 aromatic carbocycles. The molecule has 5 nitrogen and oxygen atoms in total. The first kappa shape index (κ1) is 15.3. The number of amidine groups is 1. The van der Waals surface area contributed by atoms with Gasteiger partial charge in [0.15, 0.2) is 17.2 Å². The maximum atomic E-state index is 13.8. The number of methoxy groups -OCH3 is 1. The first-order valence-corrected chi connectivity index (χ1v) is 6.63. The Morgan fingerprint density at radius 3 is 2.95 bits per heavy atom. The molecule has 0 aromatic heterocycles. The van der Waals surface area contributed by atoms with Crippen LogP contribution in [0, 0.1) is 17.3 Å². The van der Waals surface area contributed by atoms with Gasteiger partial charge in [0.2, 0.25) is 0 Å². The number of para-hydroxylation sites is 1. The van der Waals surface area contributed by atoms with Crippen molar-refractivity contribution >= 4 is 22.6 Å². The average molecular weight is 283 g/mol. The molecule has 0 fully saturated rings. The Hall–Kier alpha value is -1.78. The summed E-state index contributed by atoms with van der Waals surface area (Å²) in [7, 11) is 1.55. The quantitative estimate of drug-likeness (QED) is 0.295. The summed E-state index contributed by atoms with van der Waals surface area (Å²) < 4.78 is 24.0. The van der Waals surface area contributed by atoms with Crippen LogP contribution in [-0.4, -0.2) is 31.7 Å². The molecule has 0 aliphatic heterocycles. The van der Waals surface area contributed by atoms with Crippen LogP contribution in [0.2, 0.25) is 0 Å². The highest BCUT2D eigenvalue weighted by atomic mass is 32.2. The number of nitrogens with zero attached hydrogens (tertiary/aromatic N) is 2. The summed E-state index contributed by atoms with van der Waals surface area (Å²) in [4.78, 5) is 4.05. The van der Waals surface area contributed by atoms with Crippen molar-refractivity contribution in [3.63, 3.8) is 0 Å². The molecule has 0 atom stereocenters. The topological polar surface area (TPSA) is 66.6 Å². The van der Waals surface area contributed by atoms with Crippen molar-refractivity contribution in [3.05, 3.63) is 24.0 Å². The molecule has 19 heavy (non-hydrogen) atoms. The first-order valence-electron chi connectivity index (χ1n) is 5.41. The standard InChI is InChI=1S/C12H14FN3O2S/c1-17-6-7-18-10-5-3-4-9(13)11(10)16-12(19-2)15-8-14/h3-5H,6-7H2,1-2H3,(H,15,16). The third kappa shape index (κ3) is 4.77. The molecular weight excluding hydrogens is 269 g/mol. The normalized spacial score (nSPS) is 10.9. The van der Waals surface area contributed by atoms with E-state index in [1.807, 2.05) is 0 Å². The molecule has 0 saturated carbocycles. The van der Waals surface area contributed by atoms with Gasteiger partial charge in [-0.05, 0) is 18.4 Å². The van der Waals surface area contributed by atoms with Crippen LogP contribution in [0.1, 0.15) is 0 Å². The Kier molecular flexibility index (Phi) is 6.71. The second-order valence-electron chi connectivity index (χ2n) is 3.29. The molecule has 102 valence electrons. The maximum absolute atomic E-state index is 13.8. The lowest BCUT2D eigenvalue weighted by Crippen LogP contribution is -2.13. The zero-order valence-electron chi connectivity index (χ0n) is 10.6. The van der Waals surface area contributed by atoms with Gasteiger partial charge in [-0.15, -0.1) is 0 Å². The van der Waals surface area contributed by atoms with Crippen LogP contribution in [0.5, 0.6) is 5.75 Å². The lowest BCUT2D eigenvalue weighted by Gasteiger charge is -2.09. The fourth-order valence-electron chi connectivity index (χ4n) is 1.23. The third-order valence-corrected chi connectivity index (χ3v) is 2.64. The fourth-order valence-corrected chi connectivity index (χ4v) is 1.56. The van der Waals surface area contributed by atoms with E-state index >= 15 is 0 Å². The van der Waals surface area contributed by atoms with Crippen LogP contribution in [0.25, 0.3) is 0 Å². The molecule has 0 aliphatic rings. The van der Waals surface area contributed by atoms with E-state index in [1.54, 1.807) is 25.6 Å². The summed E-state index contributed by atoms with van der Waals surface area (Å²) in [5, 5.41) is 11.2. The zero-order valence-corrected chi connectivity index (χ0v) is 11.5. The number of rotatable bonds is 5. The van der Waals surface area contributed by atoms with Crippen molar-refractivity contribution in [2.24, 2.45) is 4.99 Å². The summed E-state index contributed by atoms with van der Waals surface area (Å²) in [5.41, 5.74) is 0.0608. The summed E-state index contributed by atoms with van der Waals surface area (Å²) >= 11 is 1.20. The highest BCUT2D eigenvalue weighted by Crippen LogP contribution is 2.31. The van der Waals surface area contributed by atoms with Gasteiger partial charge < -0.3 is 9.47 Å². The molecular formula is C12H14FN3O2S. The smallest absolute Gasteiger partial charge is 0.183 e. The van der Waals surface area contributed by atoms with Gasteiger partial charge in [-0.3, -0.25) is 5.32 Å². The molecule has 0 bridgehead atoms. The number of ether oxygens (including phenoxy) is 2. The van der Waals surface area contributed by atoms with Gasteiger partial charge in [-0.1, -0.05) is 17.8 Å². The Bertz CT molecular complexity index is 488. The molecule has 0 saturated heterocycles. The highest BCUT2D eigenvalue weighted by molar-refractivity contribution is 8.13. The molecule has 1 rings (SSSR count). The molecule has 1 N–H and O–H groups in total. The maximum Gasteiger partial charge on any atom is 0.183 e. The summed E-state index contributed by atoms with van der Waals surface area (Å²) in [6.07, 6.45) is 3.48. The minimum absolute atomic E-state index is 0.0608. The molecule has 0 spiro atoms. The van der Waals surface area contributed by atoms with E-state index in [-0.39, 0.29) is 5.69 Å². The number of aliphatic imine (C=N–C) groups is 1. The van der Waals surface area contributed by atoms with E-state index in [9.17, 15) is 4.39 Å².